The molecule has 0 atom stereocenters. The quantitative estimate of drug-likeness (QED) is 0.278. The maximum Gasteiger partial charge on any atom is 0.345 e. The molecule has 0 aliphatic carbocycles. The molecular formula is C14H8ClF2NO5. The highest BCUT2D eigenvalue weighted by molar-refractivity contribution is 6.33. The third-order valence-corrected chi connectivity index (χ3v) is 3.10. The Labute approximate surface area is 133 Å². The SMILES string of the molecule is COc1ccc([N+](=O)[O-])cc1OC(=O)c1cc(F)c(F)cc1Cl. The molecule has 6 nitrogen and oxygen atoms in total. The fraction of sp³-hybridized carbons (Fsp3) is 0.0714. The standard InChI is InChI=1S/C14H8ClF2NO5/c1-22-12-3-2-7(18(20)21)4-13(12)23-14(19)8-5-10(16)11(17)6-9(8)15/h2-6H,1H3. The number of halogens is 3. The molecule has 120 valence electrons. The second kappa shape index (κ2) is 6.57. The topological polar surface area (TPSA) is 78.7 Å². The molecule has 0 saturated carbocycles. The van der Waals surface area contributed by atoms with Gasteiger partial charge in [0.1, 0.15) is 0 Å². The first-order valence-electron chi connectivity index (χ1n) is 6.02. The molecule has 0 aliphatic heterocycles. The predicted octanol–water partition coefficient (Wildman–Crippen LogP) is 3.75. The van der Waals surface area contributed by atoms with E-state index >= 15 is 0 Å². The maximum absolute atomic E-state index is 13.2. The van der Waals surface area contributed by atoms with Crippen LogP contribution in [0, 0.1) is 21.7 Å². The number of nitro benzene ring substituents is 1. The number of ether oxygens (including phenoxy) is 2. The average Bonchev–Trinajstić information content (AvgIpc) is 2.50. The molecule has 9 heteroatoms. The molecule has 2 aromatic rings. The third-order valence-electron chi connectivity index (χ3n) is 2.79. The van der Waals surface area contributed by atoms with Crippen LogP contribution in [-0.4, -0.2) is 18.0 Å². The van der Waals surface area contributed by atoms with Gasteiger partial charge in [-0.05, 0) is 18.2 Å². The Morgan fingerprint density at radius 2 is 1.83 bits per heavy atom. The monoisotopic (exact) mass is 343 g/mol. The zero-order valence-corrected chi connectivity index (χ0v) is 12.3. The summed E-state index contributed by atoms with van der Waals surface area (Å²) in [6.45, 7) is 0. The number of carbonyl (C=O) groups excluding carboxylic acids is 1. The van der Waals surface area contributed by atoms with E-state index in [0.717, 1.165) is 12.1 Å². The lowest BCUT2D eigenvalue weighted by Crippen LogP contribution is -2.11. The lowest BCUT2D eigenvalue weighted by molar-refractivity contribution is -0.384. The molecule has 0 aromatic heterocycles. The average molecular weight is 344 g/mol. The molecule has 0 amide bonds. The lowest BCUT2D eigenvalue weighted by Gasteiger charge is -2.10. The summed E-state index contributed by atoms with van der Waals surface area (Å²) in [5.41, 5.74) is -0.774. The third kappa shape index (κ3) is 3.54. The van der Waals surface area contributed by atoms with Crippen molar-refractivity contribution in [1.82, 2.24) is 0 Å². The minimum Gasteiger partial charge on any atom is -0.493 e. The Morgan fingerprint density at radius 1 is 1.17 bits per heavy atom. The van der Waals surface area contributed by atoms with Crippen LogP contribution >= 0.6 is 11.6 Å². The van der Waals surface area contributed by atoms with Gasteiger partial charge in [0.15, 0.2) is 23.1 Å². The largest absolute Gasteiger partial charge is 0.493 e. The van der Waals surface area contributed by atoms with E-state index in [1.165, 1.54) is 13.2 Å². The van der Waals surface area contributed by atoms with Crippen molar-refractivity contribution in [2.75, 3.05) is 7.11 Å². The van der Waals surface area contributed by atoms with Gasteiger partial charge in [-0.2, -0.15) is 0 Å². The van der Waals surface area contributed by atoms with Gasteiger partial charge in [-0.1, -0.05) is 11.6 Å². The highest BCUT2D eigenvalue weighted by Gasteiger charge is 2.20. The fourth-order valence-electron chi connectivity index (χ4n) is 1.69. The number of esters is 1. The number of carbonyl (C=O) groups is 1. The van der Waals surface area contributed by atoms with E-state index in [0.29, 0.717) is 12.1 Å². The summed E-state index contributed by atoms with van der Waals surface area (Å²) in [6.07, 6.45) is 0. The molecule has 0 unspecified atom stereocenters. The van der Waals surface area contributed by atoms with Crippen LogP contribution in [0.25, 0.3) is 0 Å². The van der Waals surface area contributed by atoms with Crippen LogP contribution in [0.15, 0.2) is 30.3 Å². The Hall–Kier alpha value is -2.74. The van der Waals surface area contributed by atoms with E-state index in [9.17, 15) is 23.7 Å². The Bertz CT molecular complexity index is 797. The first-order chi connectivity index (χ1) is 10.8. The number of methoxy groups -OCH3 is 1. The molecule has 0 N–H and O–H groups in total. The molecule has 0 fully saturated rings. The van der Waals surface area contributed by atoms with Crippen LogP contribution in [-0.2, 0) is 0 Å². The van der Waals surface area contributed by atoms with Crippen molar-refractivity contribution < 1.29 is 28.0 Å². The van der Waals surface area contributed by atoms with Crippen molar-refractivity contribution in [2.24, 2.45) is 0 Å². The summed E-state index contributed by atoms with van der Waals surface area (Å²) < 4.78 is 36.1. The molecule has 0 bridgehead atoms. The summed E-state index contributed by atoms with van der Waals surface area (Å²) in [5, 5.41) is 10.4. The molecule has 0 spiro atoms. The molecule has 2 rings (SSSR count). The summed E-state index contributed by atoms with van der Waals surface area (Å²) in [4.78, 5) is 22.1. The molecule has 0 aliphatic rings. The molecule has 0 radical (unpaired) electrons. The van der Waals surface area contributed by atoms with Crippen LogP contribution in [0.2, 0.25) is 5.02 Å². The molecule has 0 heterocycles. The number of nitrogens with zero attached hydrogens (tertiary/aromatic N) is 1. The van der Waals surface area contributed by atoms with Crippen molar-refractivity contribution >= 4 is 23.3 Å². The normalized spacial score (nSPS) is 10.3. The molecule has 2 aromatic carbocycles. The summed E-state index contributed by atoms with van der Waals surface area (Å²) in [6, 6.07) is 4.54. The van der Waals surface area contributed by atoms with Gasteiger partial charge in [0.25, 0.3) is 5.69 Å². The summed E-state index contributed by atoms with van der Waals surface area (Å²) >= 11 is 5.67. The van der Waals surface area contributed by atoms with E-state index in [1.54, 1.807) is 0 Å². The van der Waals surface area contributed by atoms with Crippen molar-refractivity contribution in [2.45, 2.75) is 0 Å². The van der Waals surface area contributed by atoms with E-state index in [1.807, 2.05) is 0 Å². The second-order valence-corrected chi connectivity index (χ2v) is 4.64. The highest BCUT2D eigenvalue weighted by atomic mass is 35.5. The van der Waals surface area contributed by atoms with Crippen LogP contribution in [0.3, 0.4) is 0 Å². The number of non-ortho nitro benzene ring substituents is 1. The Morgan fingerprint density at radius 3 is 2.43 bits per heavy atom. The molecule has 0 saturated heterocycles. The lowest BCUT2D eigenvalue weighted by atomic mass is 10.2. The van der Waals surface area contributed by atoms with Gasteiger partial charge in [-0.15, -0.1) is 0 Å². The highest BCUT2D eigenvalue weighted by Crippen LogP contribution is 2.32. The van der Waals surface area contributed by atoms with Crippen molar-refractivity contribution in [1.29, 1.82) is 0 Å². The van der Waals surface area contributed by atoms with Gasteiger partial charge in [0.2, 0.25) is 0 Å². The number of hydrogen-bond acceptors (Lipinski definition) is 5. The van der Waals surface area contributed by atoms with Crippen molar-refractivity contribution in [3.8, 4) is 11.5 Å². The number of benzene rings is 2. The minimum absolute atomic E-state index is 0.0441. The summed E-state index contributed by atoms with van der Waals surface area (Å²) in [5.74, 6) is -3.84. The smallest absolute Gasteiger partial charge is 0.345 e. The zero-order chi connectivity index (χ0) is 17.1. The minimum atomic E-state index is -1.28. The first kappa shape index (κ1) is 16.6. The number of nitro groups is 1. The van der Waals surface area contributed by atoms with Crippen LogP contribution in [0.1, 0.15) is 10.4 Å². The van der Waals surface area contributed by atoms with Gasteiger partial charge in [0.05, 0.1) is 28.7 Å². The number of rotatable bonds is 4. The fourth-order valence-corrected chi connectivity index (χ4v) is 1.92. The van der Waals surface area contributed by atoms with Gasteiger partial charge >= 0.3 is 5.97 Å². The number of hydrogen-bond donors (Lipinski definition) is 0. The molecule has 23 heavy (non-hydrogen) atoms. The van der Waals surface area contributed by atoms with E-state index < -0.39 is 28.1 Å². The summed E-state index contributed by atoms with van der Waals surface area (Å²) in [7, 11) is 1.27. The van der Waals surface area contributed by atoms with Gasteiger partial charge in [0, 0.05) is 6.07 Å². The van der Waals surface area contributed by atoms with Gasteiger partial charge in [-0.3, -0.25) is 10.1 Å². The Balaban J connectivity index is 2.38. The molecular weight excluding hydrogens is 336 g/mol. The van der Waals surface area contributed by atoms with Crippen molar-refractivity contribution in [3.63, 3.8) is 0 Å². The van der Waals surface area contributed by atoms with Gasteiger partial charge in [-0.25, -0.2) is 13.6 Å². The zero-order valence-electron chi connectivity index (χ0n) is 11.5. The first-order valence-corrected chi connectivity index (χ1v) is 6.40. The predicted molar refractivity (Wildman–Crippen MR) is 76.0 cm³/mol. The van der Waals surface area contributed by atoms with E-state index in [-0.39, 0.29) is 22.2 Å². The maximum atomic E-state index is 13.2. The second-order valence-electron chi connectivity index (χ2n) is 4.23. The van der Waals surface area contributed by atoms with E-state index in [4.69, 9.17) is 21.1 Å². The Kier molecular flexibility index (Phi) is 4.75. The van der Waals surface area contributed by atoms with Gasteiger partial charge < -0.3 is 9.47 Å². The van der Waals surface area contributed by atoms with Crippen LogP contribution in [0.4, 0.5) is 14.5 Å². The van der Waals surface area contributed by atoms with Crippen LogP contribution < -0.4 is 9.47 Å². The van der Waals surface area contributed by atoms with Crippen molar-refractivity contribution in [3.05, 3.63) is 62.7 Å². The van der Waals surface area contributed by atoms with Crippen LogP contribution in [0.5, 0.6) is 11.5 Å². The van der Waals surface area contributed by atoms with E-state index in [2.05, 4.69) is 0 Å².